The predicted octanol–water partition coefficient (Wildman–Crippen LogP) is 4.51. The summed E-state index contributed by atoms with van der Waals surface area (Å²) in [6.45, 7) is 18.4. The number of anilines is 1. The van der Waals surface area contributed by atoms with E-state index in [0.29, 0.717) is 42.6 Å². The van der Waals surface area contributed by atoms with Crippen LogP contribution in [0.1, 0.15) is 144 Å². The monoisotopic (exact) mass is 1250 g/mol. The van der Waals surface area contributed by atoms with E-state index in [4.69, 9.17) is 19.9 Å². The topological polar surface area (TPSA) is 339 Å². The van der Waals surface area contributed by atoms with E-state index in [-0.39, 0.29) is 81.2 Å². The molecule has 2 aromatic rings. The van der Waals surface area contributed by atoms with Gasteiger partial charge in [-0.15, -0.1) is 0 Å². The van der Waals surface area contributed by atoms with Gasteiger partial charge >= 0.3 is 12.1 Å². The lowest BCUT2D eigenvalue weighted by atomic mass is 9.89. The standard InChI is InChI=1S/C64H103N11O14/c1-16-40(8)55(48(87-14)35-51(78)75-34-22-26-47(75)57(88-15)41(9)58(80)68-42(10)56(79)44-23-18-17-19-24-44)73(12)62(84)53(38(4)5)72-61(83)54(39(6)7)74(13)64(86)89-36-43-29-31-45(32-30-43)69-59(81)46(25-21-33-67-63(65)85)70-60(82)52(37(2)3)71-50(77)28-20-27-49(76)66-11/h17-19,23-24,29-32,37-42,46-48,52-57,79H,16,20-22,25-28,33-36H2,1-15H3,(H,66,76)(H,68,80)(H,69,81)(H,70,82)(H,71,77)(H,72,83)(H3,65,67,85)/t40-,41+,42+,46-,47-,48+,52-,53-,54-,55?,56+,57+/m0/s1. The van der Waals surface area contributed by atoms with Crippen LogP contribution in [0.3, 0.4) is 0 Å². The van der Waals surface area contributed by atoms with Crippen molar-refractivity contribution in [1.29, 1.82) is 0 Å². The lowest BCUT2D eigenvalue weighted by molar-refractivity contribution is -0.148. The van der Waals surface area contributed by atoms with Crippen molar-refractivity contribution in [2.75, 3.05) is 53.8 Å². The lowest BCUT2D eigenvalue weighted by Gasteiger charge is -2.41. The number of hydrogen-bond donors (Lipinski definition) is 9. The summed E-state index contributed by atoms with van der Waals surface area (Å²) in [6.07, 6.45) is -0.607. The molecule has 0 radical (unpaired) electrons. The highest BCUT2D eigenvalue weighted by molar-refractivity contribution is 5.98. The highest BCUT2D eigenvalue weighted by Gasteiger charge is 2.44. The van der Waals surface area contributed by atoms with Crippen LogP contribution in [-0.2, 0) is 59.2 Å². The normalized spacial score (nSPS) is 16.8. The van der Waals surface area contributed by atoms with Crippen LogP contribution in [0.25, 0.3) is 0 Å². The summed E-state index contributed by atoms with van der Waals surface area (Å²) in [5.74, 6) is -5.49. The Kier molecular flexibility index (Phi) is 32.0. The Labute approximate surface area is 526 Å². The average molecular weight is 1250 g/mol. The van der Waals surface area contributed by atoms with Gasteiger partial charge in [0, 0.05) is 67.0 Å². The first-order valence-electron chi connectivity index (χ1n) is 31.1. The second kappa shape index (κ2) is 37.6. The smallest absolute Gasteiger partial charge is 0.410 e. The molecule has 2 aromatic carbocycles. The largest absolute Gasteiger partial charge is 0.445 e. The number of amides is 11. The number of carbonyl (C=O) groups is 10. The van der Waals surface area contributed by atoms with Crippen molar-refractivity contribution >= 4 is 65.1 Å². The van der Waals surface area contributed by atoms with Crippen LogP contribution in [0, 0.1) is 29.6 Å². The van der Waals surface area contributed by atoms with Gasteiger partial charge in [-0.25, -0.2) is 9.59 Å². The SMILES string of the molecule is CC[C@H](C)C([C@@H](CC(=O)N1CCC[C@H]1[C@H](OC)[C@@H](C)C(=O)N[C@H](C)[C@@H](O)c1ccccc1)OC)N(C)C(=O)[C@@H](NC(=O)[C@H](C(C)C)N(C)C(=O)OCc1ccc(NC(=O)[C@H](CCCNC(N)=O)NC(=O)[C@@H](NC(=O)CCCC(=O)NC)C(C)C)cc1)C(C)C. The van der Waals surface area contributed by atoms with Crippen molar-refractivity contribution in [2.24, 2.45) is 35.3 Å². The van der Waals surface area contributed by atoms with E-state index in [1.807, 2.05) is 32.0 Å². The Morgan fingerprint density at radius 1 is 0.719 bits per heavy atom. The fraction of sp³-hybridized carbons (Fsp3) is 0.656. The molecule has 1 aliphatic rings. The number of methoxy groups -OCH3 is 2. The van der Waals surface area contributed by atoms with Crippen LogP contribution >= 0.6 is 0 Å². The van der Waals surface area contributed by atoms with E-state index in [0.717, 1.165) is 0 Å². The molecule has 0 aliphatic carbocycles. The molecular formula is C64H103N11O14. The molecule has 25 heteroatoms. The maximum atomic E-state index is 14.8. The molecule has 1 aliphatic heterocycles. The fourth-order valence-electron chi connectivity index (χ4n) is 11.2. The first-order chi connectivity index (χ1) is 42.0. The molecule has 12 atom stereocenters. The van der Waals surface area contributed by atoms with E-state index in [1.54, 1.807) is 109 Å². The second-order valence-corrected chi connectivity index (χ2v) is 24.3. The van der Waals surface area contributed by atoms with Crippen molar-refractivity contribution in [3.63, 3.8) is 0 Å². The molecule has 1 saturated heterocycles. The number of carbonyl (C=O) groups excluding carboxylic acids is 10. The minimum absolute atomic E-state index is 0.00977. The number of likely N-dealkylation sites (N-methyl/N-ethyl adjacent to an activating group) is 2. The second-order valence-electron chi connectivity index (χ2n) is 24.3. The minimum atomic E-state index is -1.10. The van der Waals surface area contributed by atoms with E-state index < -0.39 is 120 Å². The van der Waals surface area contributed by atoms with Crippen molar-refractivity contribution < 1.29 is 67.3 Å². The molecular weight excluding hydrogens is 1150 g/mol. The van der Waals surface area contributed by atoms with E-state index >= 15 is 0 Å². The number of rotatable bonds is 36. The van der Waals surface area contributed by atoms with Gasteiger partial charge in [-0.05, 0) is 86.0 Å². The Bertz CT molecular complexity index is 2630. The zero-order valence-electron chi connectivity index (χ0n) is 55.0. The van der Waals surface area contributed by atoms with Crippen molar-refractivity contribution in [3.8, 4) is 0 Å². The zero-order valence-corrected chi connectivity index (χ0v) is 55.0. The molecule has 1 unspecified atom stereocenters. The van der Waals surface area contributed by atoms with Crippen molar-refractivity contribution in [2.45, 2.75) is 194 Å². The molecule has 11 amide bonds. The molecule has 0 saturated carbocycles. The number of likely N-dealkylation sites (tertiary alicyclic amines) is 1. The Morgan fingerprint density at radius 3 is 1.91 bits per heavy atom. The van der Waals surface area contributed by atoms with Gasteiger partial charge in [0.25, 0.3) is 0 Å². The highest BCUT2D eigenvalue weighted by Crippen LogP contribution is 2.30. The Morgan fingerprint density at radius 2 is 1.35 bits per heavy atom. The summed E-state index contributed by atoms with van der Waals surface area (Å²) >= 11 is 0. The van der Waals surface area contributed by atoms with Crippen LogP contribution in [0.5, 0.6) is 0 Å². The van der Waals surface area contributed by atoms with Gasteiger partial charge in [-0.1, -0.05) is 111 Å². The maximum absolute atomic E-state index is 14.8. The summed E-state index contributed by atoms with van der Waals surface area (Å²) in [5.41, 5.74) is 6.76. The highest BCUT2D eigenvalue weighted by atomic mass is 16.6. The molecule has 10 N–H and O–H groups in total. The Hall–Kier alpha value is -7.38. The molecule has 498 valence electrons. The third-order valence-corrected chi connectivity index (χ3v) is 16.6. The minimum Gasteiger partial charge on any atom is -0.445 e. The third-order valence-electron chi connectivity index (χ3n) is 16.6. The fourth-order valence-corrected chi connectivity index (χ4v) is 11.2. The van der Waals surface area contributed by atoms with E-state index in [1.165, 1.54) is 33.2 Å². The summed E-state index contributed by atoms with van der Waals surface area (Å²) in [5, 5.41) is 30.0. The Balaban J connectivity index is 1.71. The summed E-state index contributed by atoms with van der Waals surface area (Å²) < 4.78 is 17.7. The zero-order chi connectivity index (χ0) is 66.8. The predicted molar refractivity (Wildman–Crippen MR) is 337 cm³/mol. The molecule has 3 rings (SSSR count). The van der Waals surface area contributed by atoms with Gasteiger partial charge in [0.05, 0.1) is 48.8 Å². The average Bonchev–Trinajstić information content (AvgIpc) is 2.15. The van der Waals surface area contributed by atoms with E-state index in [2.05, 4.69) is 37.2 Å². The van der Waals surface area contributed by atoms with Crippen LogP contribution in [0.2, 0.25) is 0 Å². The van der Waals surface area contributed by atoms with Gasteiger partial charge in [0.15, 0.2) is 0 Å². The molecule has 0 aromatic heterocycles. The summed E-state index contributed by atoms with van der Waals surface area (Å²) in [7, 11) is 7.58. The first kappa shape index (κ1) is 75.9. The quantitative estimate of drug-likeness (QED) is 0.0424. The lowest BCUT2D eigenvalue weighted by Crippen LogP contribution is -2.60. The summed E-state index contributed by atoms with van der Waals surface area (Å²) in [4.78, 5) is 139. The van der Waals surface area contributed by atoms with Crippen molar-refractivity contribution in [3.05, 3.63) is 65.7 Å². The molecule has 1 heterocycles. The number of hydrogen-bond acceptors (Lipinski definition) is 14. The van der Waals surface area contributed by atoms with Crippen LogP contribution in [-0.4, -0.2) is 182 Å². The van der Waals surface area contributed by atoms with Crippen LogP contribution in [0.4, 0.5) is 15.3 Å². The molecule has 0 bridgehead atoms. The number of aliphatic hydroxyl groups is 1. The number of nitrogens with one attached hydrogen (secondary N) is 7. The van der Waals surface area contributed by atoms with Gasteiger partial charge < -0.3 is 72.1 Å². The number of urea groups is 1. The van der Waals surface area contributed by atoms with Gasteiger partial charge in [-0.2, -0.15) is 0 Å². The van der Waals surface area contributed by atoms with Gasteiger partial charge in [0.1, 0.15) is 30.8 Å². The number of primary amides is 1. The number of nitrogens with two attached hydrogens (primary N) is 1. The van der Waals surface area contributed by atoms with Crippen LogP contribution < -0.4 is 43.0 Å². The molecule has 0 spiro atoms. The van der Waals surface area contributed by atoms with Crippen molar-refractivity contribution in [1.82, 2.24) is 46.6 Å². The number of nitrogens with zero attached hydrogens (tertiary/aromatic N) is 3. The molecule has 25 nitrogen and oxygen atoms in total. The van der Waals surface area contributed by atoms with Gasteiger partial charge in [-0.3, -0.25) is 43.3 Å². The molecule has 1 fully saturated rings. The number of ether oxygens (including phenoxy) is 3. The number of aliphatic hydroxyl groups excluding tert-OH is 1. The summed E-state index contributed by atoms with van der Waals surface area (Å²) in [6, 6.07) is 8.80. The van der Waals surface area contributed by atoms with Crippen LogP contribution in [0.15, 0.2) is 54.6 Å². The number of benzene rings is 2. The van der Waals surface area contributed by atoms with Gasteiger partial charge in [0.2, 0.25) is 47.3 Å². The maximum Gasteiger partial charge on any atom is 0.410 e. The third kappa shape index (κ3) is 23.2. The first-order valence-corrected chi connectivity index (χ1v) is 31.1. The molecule has 89 heavy (non-hydrogen) atoms. The van der Waals surface area contributed by atoms with E-state index in [9.17, 15) is 53.1 Å².